The lowest BCUT2D eigenvalue weighted by Gasteiger charge is -2.38. The Morgan fingerprint density at radius 2 is 2.00 bits per heavy atom. The van der Waals surface area contributed by atoms with Gasteiger partial charge >= 0.3 is 6.18 Å². The standard InChI is InChI=1S/C15H20ClF3N6O3S/c1-23-6-10(16)12-13(23)21-8-22-14(12)24-4-2-9(3-5-24)25(29(20,27)28)7-11(26)15(17,18)19/h6,8-9,11,26H,2-5,7H2,1H3,(H2,20,27,28). The number of anilines is 1. The molecule has 0 bridgehead atoms. The fourth-order valence-electron chi connectivity index (χ4n) is 3.48. The van der Waals surface area contributed by atoms with E-state index in [2.05, 4.69) is 9.97 Å². The smallest absolute Gasteiger partial charge is 0.382 e. The number of nitrogens with two attached hydrogens (primary N) is 1. The molecule has 3 heterocycles. The number of alkyl halides is 3. The lowest BCUT2D eigenvalue weighted by molar-refractivity contribution is -0.206. The Hall–Kier alpha value is -1.67. The SMILES string of the molecule is Cn1cc(Cl)c2c(N3CCC(N(CC(O)C(F)(F)F)S(N)(=O)=O)CC3)ncnc21. The molecular formula is C15H20ClF3N6O3S. The molecule has 0 amide bonds. The van der Waals surface area contributed by atoms with Crippen LogP contribution in [0.3, 0.4) is 0 Å². The second-order valence-corrected chi connectivity index (χ2v) is 8.78. The molecule has 1 aliphatic rings. The van der Waals surface area contributed by atoms with Gasteiger partial charge in [0.05, 0.1) is 17.0 Å². The molecule has 29 heavy (non-hydrogen) atoms. The van der Waals surface area contributed by atoms with Gasteiger partial charge in [-0.25, -0.2) is 15.1 Å². The highest BCUT2D eigenvalue weighted by Crippen LogP contribution is 2.33. The molecule has 3 N–H and O–H groups in total. The monoisotopic (exact) mass is 456 g/mol. The quantitative estimate of drug-likeness (QED) is 0.693. The zero-order chi connectivity index (χ0) is 21.6. The number of aliphatic hydroxyl groups is 1. The maximum Gasteiger partial charge on any atom is 0.415 e. The summed E-state index contributed by atoms with van der Waals surface area (Å²) in [6.07, 6.45) is -4.27. The molecule has 0 saturated carbocycles. The third kappa shape index (κ3) is 4.58. The summed E-state index contributed by atoms with van der Waals surface area (Å²) in [5.41, 5.74) is 0.626. The van der Waals surface area contributed by atoms with Crippen LogP contribution >= 0.6 is 11.6 Å². The zero-order valence-corrected chi connectivity index (χ0v) is 16.9. The molecule has 0 aromatic carbocycles. The number of hydrogen-bond donors (Lipinski definition) is 2. The van der Waals surface area contributed by atoms with Gasteiger partial charge in [0.15, 0.2) is 6.10 Å². The Kier molecular flexibility index (Phi) is 5.98. The summed E-state index contributed by atoms with van der Waals surface area (Å²) in [5.74, 6) is 0.566. The van der Waals surface area contributed by atoms with Crippen molar-refractivity contribution in [2.45, 2.75) is 31.2 Å². The van der Waals surface area contributed by atoms with Gasteiger partial charge in [-0.05, 0) is 12.8 Å². The molecule has 0 spiro atoms. The van der Waals surface area contributed by atoms with Crippen molar-refractivity contribution in [1.82, 2.24) is 18.8 Å². The molecule has 0 radical (unpaired) electrons. The van der Waals surface area contributed by atoms with E-state index >= 15 is 0 Å². The van der Waals surface area contributed by atoms with E-state index in [9.17, 15) is 26.7 Å². The Morgan fingerprint density at radius 1 is 1.38 bits per heavy atom. The van der Waals surface area contributed by atoms with Crippen LogP contribution in [0.15, 0.2) is 12.5 Å². The predicted octanol–water partition coefficient (Wildman–Crippen LogP) is 1.02. The molecule has 0 aliphatic carbocycles. The van der Waals surface area contributed by atoms with Crippen LogP contribution in [0.4, 0.5) is 19.0 Å². The Labute approximate surface area is 170 Å². The van der Waals surface area contributed by atoms with E-state index in [4.69, 9.17) is 16.7 Å². The third-order valence-corrected chi connectivity index (χ3v) is 6.30. The molecular weight excluding hydrogens is 437 g/mol. The van der Waals surface area contributed by atoms with Crippen LogP contribution < -0.4 is 10.0 Å². The van der Waals surface area contributed by atoms with E-state index in [0.717, 1.165) is 0 Å². The number of aliphatic hydroxyl groups excluding tert-OH is 1. The Balaban J connectivity index is 1.79. The average Bonchev–Trinajstić information content (AvgIpc) is 2.92. The maximum absolute atomic E-state index is 12.7. The molecule has 1 unspecified atom stereocenters. The summed E-state index contributed by atoms with van der Waals surface area (Å²) in [4.78, 5) is 10.3. The topological polar surface area (TPSA) is 118 Å². The molecule has 162 valence electrons. The van der Waals surface area contributed by atoms with E-state index in [-0.39, 0.29) is 12.8 Å². The minimum atomic E-state index is -4.94. The molecule has 1 fully saturated rings. The molecule has 2 aromatic rings. The van der Waals surface area contributed by atoms with Gasteiger partial charge in [0.2, 0.25) is 0 Å². The number of rotatable bonds is 5. The maximum atomic E-state index is 12.7. The summed E-state index contributed by atoms with van der Waals surface area (Å²) in [6.45, 7) is -0.512. The van der Waals surface area contributed by atoms with Crippen LogP contribution in [-0.4, -0.2) is 70.3 Å². The van der Waals surface area contributed by atoms with Crippen molar-refractivity contribution < 1.29 is 26.7 Å². The van der Waals surface area contributed by atoms with E-state index in [1.807, 2.05) is 4.90 Å². The van der Waals surface area contributed by atoms with Gasteiger partial charge < -0.3 is 14.6 Å². The molecule has 1 atom stereocenters. The van der Waals surface area contributed by atoms with Gasteiger partial charge in [-0.15, -0.1) is 0 Å². The van der Waals surface area contributed by atoms with Gasteiger partial charge in [0, 0.05) is 32.4 Å². The highest BCUT2D eigenvalue weighted by Gasteiger charge is 2.43. The first-order chi connectivity index (χ1) is 13.4. The molecule has 9 nitrogen and oxygen atoms in total. The highest BCUT2D eigenvalue weighted by molar-refractivity contribution is 7.86. The van der Waals surface area contributed by atoms with E-state index < -0.39 is 35.1 Å². The Morgan fingerprint density at radius 3 is 2.55 bits per heavy atom. The van der Waals surface area contributed by atoms with Crippen molar-refractivity contribution in [2.75, 3.05) is 24.5 Å². The lowest BCUT2D eigenvalue weighted by Crippen LogP contribution is -2.53. The summed E-state index contributed by atoms with van der Waals surface area (Å²) >= 11 is 6.28. The zero-order valence-electron chi connectivity index (χ0n) is 15.3. The van der Waals surface area contributed by atoms with Crippen LogP contribution in [0.25, 0.3) is 11.0 Å². The lowest BCUT2D eigenvalue weighted by atomic mass is 10.0. The fraction of sp³-hybridized carbons (Fsp3) is 0.600. The number of aryl methyl sites for hydroxylation is 1. The number of fused-ring (bicyclic) bond motifs is 1. The van der Waals surface area contributed by atoms with E-state index in [1.165, 1.54) is 6.33 Å². The normalized spacial score (nSPS) is 18.0. The molecule has 1 aliphatic heterocycles. The first kappa shape index (κ1) is 22.0. The van der Waals surface area contributed by atoms with Crippen LogP contribution in [-0.2, 0) is 17.3 Å². The van der Waals surface area contributed by atoms with Gasteiger partial charge in [-0.2, -0.15) is 25.9 Å². The first-order valence-corrected chi connectivity index (χ1v) is 10.5. The number of hydrogen-bond acceptors (Lipinski definition) is 6. The summed E-state index contributed by atoms with van der Waals surface area (Å²) < 4.78 is 64.0. The van der Waals surface area contributed by atoms with Crippen molar-refractivity contribution in [1.29, 1.82) is 0 Å². The average molecular weight is 457 g/mol. The van der Waals surface area contributed by atoms with Gasteiger partial charge in [-0.1, -0.05) is 11.6 Å². The van der Waals surface area contributed by atoms with Crippen LogP contribution in [0.1, 0.15) is 12.8 Å². The van der Waals surface area contributed by atoms with Gasteiger partial charge in [0.25, 0.3) is 10.2 Å². The molecule has 3 rings (SSSR count). The molecule has 1 saturated heterocycles. The summed E-state index contributed by atoms with van der Waals surface area (Å²) in [7, 11) is -2.65. The third-order valence-electron chi connectivity index (χ3n) is 4.92. The number of piperidine rings is 1. The van der Waals surface area contributed by atoms with Crippen LogP contribution in [0.2, 0.25) is 5.02 Å². The van der Waals surface area contributed by atoms with E-state index in [0.29, 0.717) is 39.3 Å². The van der Waals surface area contributed by atoms with Crippen molar-refractivity contribution in [2.24, 2.45) is 12.2 Å². The van der Waals surface area contributed by atoms with Crippen LogP contribution in [0.5, 0.6) is 0 Å². The predicted molar refractivity (Wildman–Crippen MR) is 101 cm³/mol. The van der Waals surface area contributed by atoms with Gasteiger partial charge in [-0.3, -0.25) is 0 Å². The number of aromatic nitrogens is 3. The summed E-state index contributed by atoms with van der Waals surface area (Å²) in [6, 6.07) is -0.776. The molecule has 2 aromatic heterocycles. The Bertz CT molecular complexity index is 991. The largest absolute Gasteiger partial charge is 0.415 e. The number of halogens is 4. The second-order valence-electron chi connectivity index (χ2n) is 6.87. The second kappa shape index (κ2) is 7.87. The van der Waals surface area contributed by atoms with Crippen molar-refractivity contribution in [3.63, 3.8) is 0 Å². The highest BCUT2D eigenvalue weighted by atomic mass is 35.5. The van der Waals surface area contributed by atoms with Crippen molar-refractivity contribution in [3.8, 4) is 0 Å². The minimum Gasteiger partial charge on any atom is -0.382 e. The van der Waals surface area contributed by atoms with Gasteiger partial charge in [0.1, 0.15) is 17.8 Å². The fourth-order valence-corrected chi connectivity index (χ4v) is 4.77. The number of nitrogens with zero attached hydrogens (tertiary/aromatic N) is 5. The van der Waals surface area contributed by atoms with E-state index in [1.54, 1.807) is 17.8 Å². The first-order valence-electron chi connectivity index (χ1n) is 8.64. The van der Waals surface area contributed by atoms with Crippen LogP contribution in [0, 0.1) is 0 Å². The molecule has 14 heteroatoms. The minimum absolute atomic E-state index is 0.205. The van der Waals surface area contributed by atoms with Crippen molar-refractivity contribution >= 4 is 38.7 Å². The van der Waals surface area contributed by atoms with Crippen molar-refractivity contribution in [3.05, 3.63) is 17.5 Å². The summed E-state index contributed by atoms with van der Waals surface area (Å²) in [5, 5.41) is 15.5.